The van der Waals surface area contributed by atoms with E-state index >= 15 is 0 Å². The summed E-state index contributed by atoms with van der Waals surface area (Å²) in [7, 11) is 3.47. The van der Waals surface area contributed by atoms with E-state index in [1.165, 1.54) is 6.07 Å². The van der Waals surface area contributed by atoms with Crippen LogP contribution in [0.1, 0.15) is 5.56 Å². The minimum absolute atomic E-state index is 0.333. The SMILES string of the molecule is CNN(C)Cc1cc(F)ccc1F. The first-order chi connectivity index (χ1) is 6.13. The van der Waals surface area contributed by atoms with Gasteiger partial charge in [-0.3, -0.25) is 5.43 Å². The number of hydrogen-bond donors (Lipinski definition) is 1. The van der Waals surface area contributed by atoms with E-state index in [-0.39, 0.29) is 5.82 Å². The highest BCUT2D eigenvalue weighted by Gasteiger charge is 2.05. The molecule has 0 heterocycles. The van der Waals surface area contributed by atoms with E-state index in [1.54, 1.807) is 19.1 Å². The molecule has 0 bridgehead atoms. The molecule has 1 aromatic carbocycles. The Labute approximate surface area is 76.1 Å². The van der Waals surface area contributed by atoms with Crippen LogP contribution in [0.15, 0.2) is 18.2 Å². The van der Waals surface area contributed by atoms with Gasteiger partial charge in [-0.15, -0.1) is 0 Å². The Bertz CT molecular complexity index is 289. The molecule has 0 radical (unpaired) electrons. The van der Waals surface area contributed by atoms with Gasteiger partial charge in [-0.2, -0.15) is 0 Å². The Hall–Kier alpha value is -1.00. The molecule has 0 aliphatic carbocycles. The van der Waals surface area contributed by atoms with Crippen molar-refractivity contribution in [3.63, 3.8) is 0 Å². The molecule has 13 heavy (non-hydrogen) atoms. The molecule has 0 aromatic heterocycles. The fourth-order valence-electron chi connectivity index (χ4n) is 0.999. The van der Waals surface area contributed by atoms with Crippen LogP contribution >= 0.6 is 0 Å². The number of rotatable bonds is 3. The Kier molecular flexibility index (Phi) is 3.33. The van der Waals surface area contributed by atoms with Crippen molar-refractivity contribution in [2.24, 2.45) is 0 Å². The summed E-state index contributed by atoms with van der Waals surface area (Å²) in [5.74, 6) is -0.801. The average Bonchev–Trinajstić information content (AvgIpc) is 2.11. The number of hydrazine groups is 1. The Balaban J connectivity index is 2.81. The van der Waals surface area contributed by atoms with E-state index in [0.29, 0.717) is 12.1 Å². The van der Waals surface area contributed by atoms with E-state index in [9.17, 15) is 8.78 Å². The molecular weight excluding hydrogens is 174 g/mol. The van der Waals surface area contributed by atoms with Crippen molar-refractivity contribution in [2.75, 3.05) is 14.1 Å². The third-order valence-corrected chi connectivity index (χ3v) is 1.80. The molecule has 4 heteroatoms. The van der Waals surface area contributed by atoms with Crippen LogP contribution in [0.4, 0.5) is 8.78 Å². The monoisotopic (exact) mass is 186 g/mol. The lowest BCUT2D eigenvalue weighted by atomic mass is 10.2. The number of nitrogens with zero attached hydrogens (tertiary/aromatic N) is 1. The van der Waals surface area contributed by atoms with Crippen molar-refractivity contribution < 1.29 is 8.78 Å². The molecule has 0 saturated carbocycles. The highest BCUT2D eigenvalue weighted by atomic mass is 19.1. The summed E-state index contributed by atoms with van der Waals surface area (Å²) in [4.78, 5) is 0. The number of nitrogens with one attached hydrogen (secondary N) is 1. The maximum atomic E-state index is 13.0. The van der Waals surface area contributed by atoms with Gasteiger partial charge in [0, 0.05) is 19.2 Å². The topological polar surface area (TPSA) is 15.3 Å². The zero-order chi connectivity index (χ0) is 9.84. The van der Waals surface area contributed by atoms with Crippen molar-refractivity contribution in [2.45, 2.75) is 6.54 Å². The standard InChI is InChI=1S/C9H12F2N2/c1-12-13(2)6-7-5-8(10)3-4-9(7)11/h3-5,12H,6H2,1-2H3. The van der Waals surface area contributed by atoms with Gasteiger partial charge in [0.25, 0.3) is 0 Å². The second kappa shape index (κ2) is 4.30. The average molecular weight is 186 g/mol. The Morgan fingerprint density at radius 2 is 2.08 bits per heavy atom. The third kappa shape index (κ3) is 2.75. The molecule has 72 valence electrons. The van der Waals surface area contributed by atoms with Crippen LogP contribution in [0.2, 0.25) is 0 Å². The minimum atomic E-state index is -0.416. The molecule has 0 fully saturated rings. The first-order valence-electron chi connectivity index (χ1n) is 3.96. The van der Waals surface area contributed by atoms with E-state index in [0.717, 1.165) is 12.1 Å². The summed E-state index contributed by atoms with van der Waals surface area (Å²) >= 11 is 0. The molecule has 0 amide bonds. The van der Waals surface area contributed by atoms with Gasteiger partial charge in [0.2, 0.25) is 0 Å². The first kappa shape index (κ1) is 10.1. The highest BCUT2D eigenvalue weighted by molar-refractivity contribution is 5.18. The van der Waals surface area contributed by atoms with Crippen LogP contribution < -0.4 is 5.43 Å². The lowest BCUT2D eigenvalue weighted by Gasteiger charge is -2.15. The van der Waals surface area contributed by atoms with Crippen molar-refractivity contribution >= 4 is 0 Å². The third-order valence-electron chi connectivity index (χ3n) is 1.80. The lowest BCUT2D eigenvalue weighted by Crippen LogP contribution is -2.30. The predicted molar refractivity (Wildman–Crippen MR) is 46.9 cm³/mol. The number of halogens is 2. The Morgan fingerprint density at radius 3 is 2.69 bits per heavy atom. The molecule has 1 aromatic rings. The molecule has 0 unspecified atom stereocenters. The van der Waals surface area contributed by atoms with Crippen LogP contribution in [-0.2, 0) is 6.54 Å². The van der Waals surface area contributed by atoms with Crippen molar-refractivity contribution in [1.82, 2.24) is 10.4 Å². The van der Waals surface area contributed by atoms with Gasteiger partial charge in [-0.25, -0.2) is 13.8 Å². The normalized spacial score (nSPS) is 10.8. The molecule has 1 rings (SSSR count). The zero-order valence-electron chi connectivity index (χ0n) is 7.64. The van der Waals surface area contributed by atoms with E-state index in [1.807, 2.05) is 0 Å². The van der Waals surface area contributed by atoms with E-state index < -0.39 is 5.82 Å². The highest BCUT2D eigenvalue weighted by Crippen LogP contribution is 2.10. The van der Waals surface area contributed by atoms with Gasteiger partial charge in [-0.1, -0.05) is 0 Å². The molecular formula is C9H12F2N2. The maximum Gasteiger partial charge on any atom is 0.127 e. The van der Waals surface area contributed by atoms with E-state index in [2.05, 4.69) is 5.43 Å². The van der Waals surface area contributed by atoms with Crippen LogP contribution in [0.5, 0.6) is 0 Å². The minimum Gasteiger partial charge on any atom is -0.258 e. The quantitative estimate of drug-likeness (QED) is 0.720. The predicted octanol–water partition coefficient (Wildman–Crippen LogP) is 1.53. The van der Waals surface area contributed by atoms with Gasteiger partial charge in [0.1, 0.15) is 11.6 Å². The smallest absolute Gasteiger partial charge is 0.127 e. The molecule has 0 saturated heterocycles. The van der Waals surface area contributed by atoms with Crippen molar-refractivity contribution in [3.8, 4) is 0 Å². The molecule has 0 spiro atoms. The summed E-state index contributed by atoms with van der Waals surface area (Å²) in [6, 6.07) is 3.44. The summed E-state index contributed by atoms with van der Waals surface area (Å²) < 4.78 is 25.7. The fraction of sp³-hybridized carbons (Fsp3) is 0.333. The van der Waals surface area contributed by atoms with Crippen molar-refractivity contribution in [1.29, 1.82) is 0 Å². The van der Waals surface area contributed by atoms with E-state index in [4.69, 9.17) is 0 Å². The maximum absolute atomic E-state index is 13.0. The number of benzene rings is 1. The first-order valence-corrected chi connectivity index (χ1v) is 3.96. The van der Waals surface area contributed by atoms with Crippen molar-refractivity contribution in [3.05, 3.63) is 35.4 Å². The van der Waals surface area contributed by atoms with Gasteiger partial charge in [0.05, 0.1) is 0 Å². The second-order valence-electron chi connectivity index (χ2n) is 2.82. The van der Waals surface area contributed by atoms with Crippen LogP contribution in [0.25, 0.3) is 0 Å². The van der Waals surface area contributed by atoms with Crippen LogP contribution in [0.3, 0.4) is 0 Å². The largest absolute Gasteiger partial charge is 0.258 e. The van der Waals surface area contributed by atoms with Crippen LogP contribution in [-0.4, -0.2) is 19.1 Å². The van der Waals surface area contributed by atoms with Crippen LogP contribution in [0, 0.1) is 11.6 Å². The molecule has 0 atom stereocenters. The zero-order valence-corrected chi connectivity index (χ0v) is 7.64. The van der Waals surface area contributed by atoms with Gasteiger partial charge < -0.3 is 0 Å². The van der Waals surface area contributed by atoms with Gasteiger partial charge in [0.15, 0.2) is 0 Å². The summed E-state index contributed by atoms with van der Waals surface area (Å²) in [6.07, 6.45) is 0. The summed E-state index contributed by atoms with van der Waals surface area (Å²) in [5, 5.41) is 1.66. The Morgan fingerprint density at radius 1 is 1.38 bits per heavy atom. The summed E-state index contributed by atoms with van der Waals surface area (Å²) in [5.41, 5.74) is 3.15. The molecule has 1 N–H and O–H groups in total. The summed E-state index contributed by atoms with van der Waals surface area (Å²) in [6.45, 7) is 0.333. The van der Waals surface area contributed by atoms with Gasteiger partial charge in [-0.05, 0) is 25.2 Å². The molecule has 2 nitrogen and oxygen atoms in total. The molecule has 0 aliphatic heterocycles. The van der Waals surface area contributed by atoms with Gasteiger partial charge >= 0.3 is 0 Å². The molecule has 0 aliphatic rings. The lowest BCUT2D eigenvalue weighted by molar-refractivity contribution is 0.247. The fourth-order valence-corrected chi connectivity index (χ4v) is 0.999. The number of hydrogen-bond acceptors (Lipinski definition) is 2. The second-order valence-corrected chi connectivity index (χ2v) is 2.82.